The third-order valence-electron chi connectivity index (χ3n) is 7.56. The van der Waals surface area contributed by atoms with Gasteiger partial charge in [0, 0.05) is 31.7 Å². The Morgan fingerprint density at radius 2 is 1.06 bits per heavy atom. The summed E-state index contributed by atoms with van der Waals surface area (Å²) < 4.78 is 0. The minimum atomic E-state index is -0.596. The predicted octanol–water partition coefficient (Wildman–Crippen LogP) is 5.91. The molecule has 5 aromatic carbocycles. The van der Waals surface area contributed by atoms with Crippen LogP contribution in [0.15, 0.2) is 133 Å². The highest BCUT2D eigenvalue weighted by Crippen LogP contribution is 2.20. The van der Waals surface area contributed by atoms with E-state index in [9.17, 15) is 25.2 Å². The van der Waals surface area contributed by atoms with Crippen LogP contribution in [-0.2, 0) is 13.1 Å². The monoisotopic (exact) mass is 679 g/mol. The topological polar surface area (TPSA) is 137 Å². The Balaban J connectivity index is 0.000000209. The summed E-state index contributed by atoms with van der Waals surface area (Å²) in [6.45, 7) is 2.86. The molecule has 0 bridgehead atoms. The van der Waals surface area contributed by atoms with Gasteiger partial charge in [0.05, 0.1) is 18.8 Å². The van der Waals surface area contributed by atoms with Crippen molar-refractivity contribution >= 4 is 5.78 Å². The van der Waals surface area contributed by atoms with E-state index < -0.39 is 12.2 Å². The molecular weight excluding hydrogens is 630 g/mol. The van der Waals surface area contributed by atoms with Gasteiger partial charge >= 0.3 is 0 Å². The zero-order chi connectivity index (χ0) is 36.3. The van der Waals surface area contributed by atoms with Crippen molar-refractivity contribution in [1.29, 1.82) is 0 Å². The Kier molecular flexibility index (Phi) is 16.7. The van der Waals surface area contributed by atoms with Crippen molar-refractivity contribution in [3.8, 4) is 17.2 Å². The number of nitrogens with one attached hydrogen (secondary N) is 1. The third kappa shape index (κ3) is 14.6. The largest absolute Gasteiger partial charge is 0.508 e. The predicted molar refractivity (Wildman–Crippen MR) is 198 cm³/mol. The van der Waals surface area contributed by atoms with Crippen LogP contribution in [0, 0.1) is 0 Å². The quantitative estimate of drug-likeness (QED) is 0.0840. The number of hydrogen-bond acceptors (Lipinski definition) is 9. The molecule has 264 valence electrons. The van der Waals surface area contributed by atoms with Crippen LogP contribution in [0.2, 0.25) is 0 Å². The van der Waals surface area contributed by atoms with Crippen LogP contribution in [0.4, 0.5) is 0 Å². The highest BCUT2D eigenvalue weighted by atomic mass is 16.3. The summed E-state index contributed by atoms with van der Waals surface area (Å²) in [7, 11) is 5.65. The van der Waals surface area contributed by atoms with Crippen LogP contribution in [0.25, 0.3) is 0 Å². The molecular formula is C41H49N3O6. The van der Waals surface area contributed by atoms with Gasteiger partial charge in [-0.25, -0.2) is 0 Å². The lowest BCUT2D eigenvalue weighted by molar-refractivity contribution is 0.0942. The van der Waals surface area contributed by atoms with E-state index in [0.717, 1.165) is 24.2 Å². The Morgan fingerprint density at radius 3 is 1.54 bits per heavy atom. The molecule has 5 rings (SSSR count). The summed E-state index contributed by atoms with van der Waals surface area (Å²) in [4.78, 5) is 16.1. The Hall–Kier alpha value is -5.03. The van der Waals surface area contributed by atoms with Gasteiger partial charge in [0.15, 0.2) is 5.78 Å². The molecule has 9 heteroatoms. The Labute approximate surface area is 295 Å². The number of carbonyl (C=O) groups is 1. The zero-order valence-corrected chi connectivity index (χ0v) is 28.9. The van der Waals surface area contributed by atoms with Crippen LogP contribution in [-0.4, -0.2) is 81.9 Å². The molecule has 0 aliphatic carbocycles. The fourth-order valence-corrected chi connectivity index (χ4v) is 5.10. The molecule has 0 fully saturated rings. The van der Waals surface area contributed by atoms with Crippen LogP contribution in [0.3, 0.4) is 0 Å². The fraction of sp³-hybridized carbons (Fsp3) is 0.244. The van der Waals surface area contributed by atoms with E-state index in [1.165, 1.54) is 17.2 Å². The molecule has 0 saturated heterocycles. The van der Waals surface area contributed by atoms with E-state index in [1.807, 2.05) is 73.6 Å². The molecule has 0 spiro atoms. The van der Waals surface area contributed by atoms with Crippen LogP contribution < -0.4 is 5.32 Å². The number of phenolic OH excluding ortho intramolecular Hbond substituents is 3. The smallest absolute Gasteiger partial charge is 0.176 e. The second kappa shape index (κ2) is 21.1. The number of aliphatic hydroxyl groups is 2. The second-order valence-corrected chi connectivity index (χ2v) is 12.1. The molecule has 6 N–H and O–H groups in total. The van der Waals surface area contributed by atoms with Gasteiger partial charge in [-0.3, -0.25) is 14.6 Å². The fourth-order valence-electron chi connectivity index (χ4n) is 5.10. The second-order valence-electron chi connectivity index (χ2n) is 12.1. The summed E-state index contributed by atoms with van der Waals surface area (Å²) in [6.07, 6.45) is -1.15. The number of Topliss-reactive ketones (excluding diaryl/α,β-unsaturated/α-hetero) is 1. The molecule has 9 nitrogen and oxygen atoms in total. The molecule has 0 aliphatic heterocycles. The normalized spacial score (nSPS) is 11.9. The number of nitrogens with zero attached hydrogens (tertiary/aromatic N) is 2. The number of aliphatic hydroxyl groups excluding tert-OH is 2. The van der Waals surface area contributed by atoms with Gasteiger partial charge in [0.2, 0.25) is 0 Å². The SMILES string of the molecule is CN(CC(=O)c1cccc(O)c1)Cc1ccccc1.CN(Cc1ccccc1)C[C@H](O)c1cccc(O)c1.CNC[C@H](O)c1cccc(O)c1. The first-order chi connectivity index (χ1) is 24.0. The molecule has 0 radical (unpaired) electrons. The summed E-state index contributed by atoms with van der Waals surface area (Å²) >= 11 is 0. The number of hydrogen-bond donors (Lipinski definition) is 6. The molecule has 0 aliphatic rings. The Bertz CT molecular complexity index is 1700. The summed E-state index contributed by atoms with van der Waals surface area (Å²) in [5.41, 5.74) is 4.39. The van der Waals surface area contributed by atoms with Crippen molar-refractivity contribution < 1.29 is 30.3 Å². The highest BCUT2D eigenvalue weighted by Gasteiger charge is 2.12. The van der Waals surface area contributed by atoms with Crippen molar-refractivity contribution in [2.75, 3.05) is 40.8 Å². The van der Waals surface area contributed by atoms with Crippen LogP contribution >= 0.6 is 0 Å². The molecule has 0 saturated carbocycles. The minimum absolute atomic E-state index is 0.00864. The molecule has 50 heavy (non-hydrogen) atoms. The lowest BCUT2D eigenvalue weighted by Crippen LogP contribution is -2.25. The van der Waals surface area contributed by atoms with Crippen molar-refractivity contribution in [1.82, 2.24) is 15.1 Å². The standard InChI is InChI=1S/C16H19NO2.C16H17NO2.C9H13NO2/c2*1-17(11-13-6-3-2-4-7-13)12-16(19)14-8-5-9-15(18)10-14;1-10-6-9(12)7-3-2-4-8(11)5-7/h2-10,16,18-19H,11-12H2,1H3;2-10,18H,11-12H2,1H3;2-5,9-12H,6H2,1H3/t16-;;9-/m0.0/s1. The van der Waals surface area contributed by atoms with E-state index >= 15 is 0 Å². The van der Waals surface area contributed by atoms with E-state index in [1.54, 1.807) is 67.7 Å². The average molecular weight is 680 g/mol. The molecule has 0 heterocycles. The third-order valence-corrected chi connectivity index (χ3v) is 7.56. The number of carbonyl (C=O) groups excluding carboxylic acids is 1. The van der Waals surface area contributed by atoms with E-state index in [4.69, 9.17) is 5.11 Å². The number of aromatic hydroxyl groups is 3. The molecule has 0 unspecified atom stereocenters. The van der Waals surface area contributed by atoms with Gasteiger partial charge in [-0.2, -0.15) is 0 Å². The summed E-state index contributed by atoms with van der Waals surface area (Å²) in [6, 6.07) is 40.0. The Morgan fingerprint density at radius 1 is 0.600 bits per heavy atom. The molecule has 5 aromatic rings. The minimum Gasteiger partial charge on any atom is -0.508 e. The van der Waals surface area contributed by atoms with Gasteiger partial charge in [0.1, 0.15) is 17.2 Å². The first kappa shape index (κ1) is 39.4. The first-order valence-electron chi connectivity index (χ1n) is 16.4. The number of benzene rings is 5. The van der Waals surface area contributed by atoms with E-state index in [-0.39, 0.29) is 23.0 Å². The maximum absolute atomic E-state index is 12.0. The molecule has 0 amide bonds. The summed E-state index contributed by atoms with van der Waals surface area (Å²) in [5.74, 6) is 0.496. The van der Waals surface area contributed by atoms with Crippen LogP contribution in [0.5, 0.6) is 17.2 Å². The van der Waals surface area contributed by atoms with Crippen molar-refractivity contribution in [2.45, 2.75) is 25.3 Å². The van der Waals surface area contributed by atoms with Gasteiger partial charge < -0.3 is 30.8 Å². The lowest BCUT2D eigenvalue weighted by atomic mass is 10.1. The highest BCUT2D eigenvalue weighted by molar-refractivity contribution is 5.97. The number of rotatable bonds is 13. The maximum atomic E-state index is 12.0. The van der Waals surface area contributed by atoms with Crippen molar-refractivity contribution in [2.24, 2.45) is 0 Å². The lowest BCUT2D eigenvalue weighted by Gasteiger charge is -2.21. The first-order valence-corrected chi connectivity index (χ1v) is 16.4. The molecule has 0 aromatic heterocycles. The van der Waals surface area contributed by atoms with Crippen LogP contribution in [0.1, 0.15) is 44.8 Å². The number of phenols is 3. The van der Waals surface area contributed by atoms with Gasteiger partial charge in [-0.1, -0.05) is 97.1 Å². The van der Waals surface area contributed by atoms with E-state index in [0.29, 0.717) is 25.2 Å². The zero-order valence-electron chi connectivity index (χ0n) is 28.9. The number of ketones is 1. The maximum Gasteiger partial charge on any atom is 0.176 e. The van der Waals surface area contributed by atoms with Crippen molar-refractivity contribution in [3.63, 3.8) is 0 Å². The number of likely N-dealkylation sites (N-methyl/N-ethyl adjacent to an activating group) is 3. The average Bonchev–Trinajstić information content (AvgIpc) is 3.10. The van der Waals surface area contributed by atoms with Crippen molar-refractivity contribution in [3.05, 3.63) is 161 Å². The van der Waals surface area contributed by atoms with E-state index in [2.05, 4.69) is 22.3 Å². The van der Waals surface area contributed by atoms with Gasteiger partial charge in [-0.15, -0.1) is 0 Å². The van der Waals surface area contributed by atoms with Gasteiger partial charge in [0.25, 0.3) is 0 Å². The molecule has 2 atom stereocenters. The summed E-state index contributed by atoms with van der Waals surface area (Å²) in [5, 5.41) is 50.3. The van der Waals surface area contributed by atoms with Gasteiger partial charge in [-0.05, 0) is 79.8 Å².